The number of hydrogen-bond acceptors (Lipinski definition) is 3. The van der Waals surface area contributed by atoms with E-state index in [0.29, 0.717) is 6.04 Å². The summed E-state index contributed by atoms with van der Waals surface area (Å²) in [5, 5.41) is 6.93. The molecule has 1 aliphatic carbocycles. The van der Waals surface area contributed by atoms with Gasteiger partial charge in [0.05, 0.1) is 11.8 Å². The molecule has 2 aliphatic rings. The number of hydrazone groups is 1. The van der Waals surface area contributed by atoms with Crippen LogP contribution < -0.4 is 0 Å². The second-order valence-electron chi connectivity index (χ2n) is 7.76. The van der Waals surface area contributed by atoms with E-state index in [1.165, 1.54) is 34.4 Å². The first-order valence-corrected chi connectivity index (χ1v) is 10.2. The number of hydrogen-bond donors (Lipinski definition) is 0. The Morgan fingerprint density at radius 1 is 0.793 bits per heavy atom. The Balaban J connectivity index is 1.33. The Morgan fingerprint density at radius 2 is 1.34 bits per heavy atom. The Morgan fingerprint density at radius 3 is 1.93 bits per heavy atom. The number of nitrogens with zero attached hydrogens (tertiary/aromatic N) is 3. The van der Waals surface area contributed by atoms with Crippen molar-refractivity contribution in [1.82, 2.24) is 9.91 Å². The molecule has 1 aliphatic heterocycles. The lowest BCUT2D eigenvalue weighted by Crippen LogP contribution is -2.45. The Kier molecular flexibility index (Phi) is 4.64. The summed E-state index contributed by atoms with van der Waals surface area (Å²) >= 11 is 0. The standard InChI is InChI=1S/C25H24FN3/c1-18(19-10-12-20(26)13-11-19)27-29-16-14-28(15-17-29)25-23-8-4-2-6-21(23)22-7-3-5-9-24(22)25/h2-13,25H,14-17H2,1H3. The summed E-state index contributed by atoms with van der Waals surface area (Å²) in [5.74, 6) is -0.215. The predicted octanol–water partition coefficient (Wildman–Crippen LogP) is 4.94. The van der Waals surface area contributed by atoms with Gasteiger partial charge in [0.2, 0.25) is 0 Å². The maximum atomic E-state index is 13.2. The van der Waals surface area contributed by atoms with Gasteiger partial charge in [-0.1, -0.05) is 60.7 Å². The second kappa shape index (κ2) is 7.45. The van der Waals surface area contributed by atoms with E-state index in [-0.39, 0.29) is 5.82 Å². The SMILES string of the molecule is CC(=NN1CCN(C2c3ccccc3-c3ccccc32)CC1)c1ccc(F)cc1. The molecular weight excluding hydrogens is 361 g/mol. The van der Waals surface area contributed by atoms with E-state index < -0.39 is 0 Å². The topological polar surface area (TPSA) is 18.8 Å². The minimum atomic E-state index is -0.215. The van der Waals surface area contributed by atoms with E-state index in [1.54, 1.807) is 12.1 Å². The third kappa shape index (κ3) is 3.34. The van der Waals surface area contributed by atoms with Gasteiger partial charge < -0.3 is 0 Å². The van der Waals surface area contributed by atoms with Crippen LogP contribution in [0.1, 0.15) is 29.7 Å². The van der Waals surface area contributed by atoms with Crippen molar-refractivity contribution in [2.45, 2.75) is 13.0 Å². The molecule has 0 saturated carbocycles. The lowest BCUT2D eigenvalue weighted by atomic mass is 10.0. The molecule has 0 spiro atoms. The van der Waals surface area contributed by atoms with Crippen molar-refractivity contribution in [1.29, 1.82) is 0 Å². The minimum absolute atomic E-state index is 0.215. The van der Waals surface area contributed by atoms with Gasteiger partial charge >= 0.3 is 0 Å². The lowest BCUT2D eigenvalue weighted by Gasteiger charge is -2.37. The predicted molar refractivity (Wildman–Crippen MR) is 115 cm³/mol. The molecule has 3 aromatic carbocycles. The van der Waals surface area contributed by atoms with E-state index in [4.69, 9.17) is 5.10 Å². The average molecular weight is 385 g/mol. The lowest BCUT2D eigenvalue weighted by molar-refractivity contribution is 0.114. The molecule has 0 aromatic heterocycles. The molecule has 1 fully saturated rings. The number of piperazine rings is 1. The van der Waals surface area contributed by atoms with Crippen molar-refractivity contribution >= 4 is 5.71 Å². The molecule has 29 heavy (non-hydrogen) atoms. The van der Waals surface area contributed by atoms with Gasteiger partial charge in [-0.05, 0) is 46.9 Å². The van der Waals surface area contributed by atoms with Crippen LogP contribution in [0.15, 0.2) is 77.9 Å². The number of rotatable bonds is 3. The first-order valence-electron chi connectivity index (χ1n) is 10.2. The van der Waals surface area contributed by atoms with Crippen molar-refractivity contribution in [3.8, 4) is 11.1 Å². The van der Waals surface area contributed by atoms with Crippen molar-refractivity contribution in [2.75, 3.05) is 26.2 Å². The number of benzene rings is 3. The molecule has 0 radical (unpaired) electrons. The summed E-state index contributed by atoms with van der Waals surface area (Å²) < 4.78 is 13.2. The molecule has 3 aromatic rings. The quantitative estimate of drug-likeness (QED) is 0.595. The molecule has 1 saturated heterocycles. The van der Waals surface area contributed by atoms with Crippen LogP contribution in [0.25, 0.3) is 11.1 Å². The molecule has 5 rings (SSSR count). The van der Waals surface area contributed by atoms with E-state index in [1.807, 2.05) is 6.92 Å². The first kappa shape index (κ1) is 18.1. The molecule has 1 heterocycles. The summed E-state index contributed by atoms with van der Waals surface area (Å²) in [7, 11) is 0. The molecule has 0 amide bonds. The van der Waals surface area contributed by atoms with Crippen LogP contribution in [0.3, 0.4) is 0 Å². The average Bonchev–Trinajstić information content (AvgIpc) is 3.09. The van der Waals surface area contributed by atoms with Gasteiger partial charge in [0.15, 0.2) is 0 Å². The van der Waals surface area contributed by atoms with Crippen LogP contribution >= 0.6 is 0 Å². The van der Waals surface area contributed by atoms with Crippen LogP contribution in [0.4, 0.5) is 4.39 Å². The Hall–Kier alpha value is -2.98. The summed E-state index contributed by atoms with van der Waals surface area (Å²) in [6.45, 7) is 5.70. The molecule has 146 valence electrons. The molecule has 0 bridgehead atoms. The van der Waals surface area contributed by atoms with Gasteiger partial charge in [0.25, 0.3) is 0 Å². The zero-order valence-corrected chi connectivity index (χ0v) is 16.6. The first-order chi connectivity index (χ1) is 14.2. The van der Waals surface area contributed by atoms with Crippen LogP contribution in [-0.4, -0.2) is 41.8 Å². The fraction of sp³-hybridized carbons (Fsp3) is 0.240. The smallest absolute Gasteiger partial charge is 0.123 e. The fourth-order valence-corrected chi connectivity index (χ4v) is 4.55. The van der Waals surface area contributed by atoms with E-state index >= 15 is 0 Å². The number of fused-ring (bicyclic) bond motifs is 3. The molecule has 4 heteroatoms. The maximum Gasteiger partial charge on any atom is 0.123 e. The van der Waals surface area contributed by atoms with Gasteiger partial charge in [-0.15, -0.1) is 0 Å². The maximum absolute atomic E-state index is 13.2. The molecule has 3 nitrogen and oxygen atoms in total. The fourth-order valence-electron chi connectivity index (χ4n) is 4.55. The zero-order valence-electron chi connectivity index (χ0n) is 16.6. The third-order valence-corrected chi connectivity index (χ3v) is 6.01. The van der Waals surface area contributed by atoms with Crippen molar-refractivity contribution in [2.24, 2.45) is 5.10 Å². The van der Waals surface area contributed by atoms with Crippen LogP contribution in [0, 0.1) is 5.82 Å². The van der Waals surface area contributed by atoms with Crippen molar-refractivity contribution in [3.63, 3.8) is 0 Å². The number of halogens is 1. The molecular formula is C25H24FN3. The normalized spacial score (nSPS) is 17.3. The molecule has 0 unspecified atom stereocenters. The largest absolute Gasteiger partial charge is 0.294 e. The van der Waals surface area contributed by atoms with E-state index in [2.05, 4.69) is 58.4 Å². The summed E-state index contributed by atoms with van der Waals surface area (Å²) in [6, 6.07) is 24.4. The monoisotopic (exact) mass is 385 g/mol. The highest BCUT2D eigenvalue weighted by Gasteiger charge is 2.33. The minimum Gasteiger partial charge on any atom is -0.294 e. The third-order valence-electron chi connectivity index (χ3n) is 6.01. The van der Waals surface area contributed by atoms with Crippen molar-refractivity contribution in [3.05, 3.63) is 95.3 Å². The summed E-state index contributed by atoms with van der Waals surface area (Å²) in [6.07, 6.45) is 0. The van der Waals surface area contributed by atoms with Crippen LogP contribution in [0.2, 0.25) is 0 Å². The van der Waals surface area contributed by atoms with Gasteiger partial charge in [-0.3, -0.25) is 9.91 Å². The van der Waals surface area contributed by atoms with Crippen LogP contribution in [0.5, 0.6) is 0 Å². The highest BCUT2D eigenvalue weighted by atomic mass is 19.1. The van der Waals surface area contributed by atoms with Crippen LogP contribution in [-0.2, 0) is 0 Å². The highest BCUT2D eigenvalue weighted by Crippen LogP contribution is 2.46. The van der Waals surface area contributed by atoms with Gasteiger partial charge in [0.1, 0.15) is 5.82 Å². The Labute approximate surface area is 171 Å². The summed E-state index contributed by atoms with van der Waals surface area (Å²) in [5.41, 5.74) is 7.44. The van der Waals surface area contributed by atoms with Gasteiger partial charge in [-0.2, -0.15) is 5.10 Å². The second-order valence-corrected chi connectivity index (χ2v) is 7.76. The zero-order chi connectivity index (χ0) is 19.8. The molecule has 0 atom stereocenters. The van der Waals surface area contributed by atoms with Gasteiger partial charge in [0, 0.05) is 26.2 Å². The Bertz CT molecular complexity index is 1000. The molecule has 0 N–H and O–H groups in total. The van der Waals surface area contributed by atoms with Gasteiger partial charge in [-0.25, -0.2) is 4.39 Å². The summed E-state index contributed by atoms with van der Waals surface area (Å²) in [4.78, 5) is 2.57. The van der Waals surface area contributed by atoms with E-state index in [9.17, 15) is 4.39 Å². The van der Waals surface area contributed by atoms with Crippen molar-refractivity contribution < 1.29 is 4.39 Å². The highest BCUT2D eigenvalue weighted by molar-refractivity contribution is 5.98. The van der Waals surface area contributed by atoms with E-state index in [0.717, 1.165) is 37.5 Å².